The molecule has 142 valence electrons. The Hall–Kier alpha value is -0.410. The van der Waals surface area contributed by atoms with Crippen LogP contribution in [0, 0.1) is 34.5 Å². The molecular formula is C22H36O3. The number of carbonyl (C=O) groups is 1. The molecule has 25 heavy (non-hydrogen) atoms. The van der Waals surface area contributed by atoms with Gasteiger partial charge in [0.25, 0.3) is 0 Å². The van der Waals surface area contributed by atoms with E-state index in [-0.39, 0.29) is 11.5 Å². The van der Waals surface area contributed by atoms with Gasteiger partial charge >= 0.3 is 0 Å². The van der Waals surface area contributed by atoms with E-state index in [1.165, 1.54) is 32.1 Å². The molecule has 4 aliphatic carbocycles. The zero-order chi connectivity index (χ0) is 17.8. The minimum atomic E-state index is -0.361. The van der Waals surface area contributed by atoms with E-state index < -0.39 is 0 Å². The van der Waals surface area contributed by atoms with Crippen LogP contribution in [0.5, 0.6) is 0 Å². The highest BCUT2D eigenvalue weighted by molar-refractivity contribution is 5.87. The number of aliphatic hydroxyl groups excluding tert-OH is 1. The SMILES string of the molecule is CC(O)CO[C@@H]1CC[C@@]2(C)C(CC[C@@H]3[C@@H]2CC[C@]2(C)C(=O)CC[C@@H]32)C1. The predicted molar refractivity (Wildman–Crippen MR) is 98.2 cm³/mol. The Morgan fingerprint density at radius 1 is 1.12 bits per heavy atom. The molecule has 0 aromatic heterocycles. The first-order valence-electron chi connectivity index (χ1n) is 10.7. The number of ether oxygens (including phenoxy) is 1. The summed E-state index contributed by atoms with van der Waals surface area (Å²) < 4.78 is 5.98. The van der Waals surface area contributed by atoms with E-state index in [0.717, 1.165) is 43.4 Å². The van der Waals surface area contributed by atoms with E-state index in [0.29, 0.717) is 29.8 Å². The van der Waals surface area contributed by atoms with Crippen LogP contribution < -0.4 is 0 Å². The molecule has 0 aromatic carbocycles. The fourth-order valence-corrected chi connectivity index (χ4v) is 7.42. The molecule has 0 saturated heterocycles. The second-order valence-electron chi connectivity index (χ2n) is 10.2. The number of fused-ring (bicyclic) bond motifs is 5. The Balaban J connectivity index is 1.48. The van der Waals surface area contributed by atoms with E-state index >= 15 is 0 Å². The maximum Gasteiger partial charge on any atom is 0.139 e. The summed E-state index contributed by atoms with van der Waals surface area (Å²) in [5.41, 5.74) is 0.447. The van der Waals surface area contributed by atoms with Crippen LogP contribution in [0.2, 0.25) is 0 Å². The summed E-state index contributed by atoms with van der Waals surface area (Å²) in [4.78, 5) is 12.5. The van der Waals surface area contributed by atoms with Crippen LogP contribution in [0.25, 0.3) is 0 Å². The Bertz CT molecular complexity index is 529. The molecule has 3 nitrogen and oxygen atoms in total. The summed E-state index contributed by atoms with van der Waals surface area (Å²) in [5.74, 6) is 3.57. The maximum absolute atomic E-state index is 12.5. The quantitative estimate of drug-likeness (QED) is 0.824. The average Bonchev–Trinajstić information content (AvgIpc) is 2.88. The van der Waals surface area contributed by atoms with Gasteiger partial charge in [-0.3, -0.25) is 4.79 Å². The van der Waals surface area contributed by atoms with Gasteiger partial charge in [0, 0.05) is 11.8 Å². The summed E-state index contributed by atoms with van der Waals surface area (Å²) in [6.07, 6.45) is 10.6. The van der Waals surface area contributed by atoms with Gasteiger partial charge in [0.15, 0.2) is 0 Å². The standard InChI is InChI=1S/C22H36O3/c1-14(23)13-25-16-8-10-21(2)15(12-16)4-5-17-18-6-7-20(24)22(18,3)11-9-19(17)21/h14-19,23H,4-13H2,1-3H3/t14?,15?,16-,17+,18+,19+,21+,22+/m1/s1. The molecule has 0 aliphatic heterocycles. The van der Waals surface area contributed by atoms with Gasteiger partial charge in [0.1, 0.15) is 5.78 Å². The van der Waals surface area contributed by atoms with E-state index in [1.54, 1.807) is 6.92 Å². The minimum absolute atomic E-state index is 0.00193. The molecule has 0 heterocycles. The molecule has 0 radical (unpaired) electrons. The lowest BCUT2D eigenvalue weighted by atomic mass is 9.45. The average molecular weight is 349 g/mol. The first-order valence-corrected chi connectivity index (χ1v) is 10.7. The Morgan fingerprint density at radius 2 is 1.92 bits per heavy atom. The topological polar surface area (TPSA) is 46.5 Å². The van der Waals surface area contributed by atoms with Crippen LogP contribution in [0.1, 0.15) is 78.6 Å². The third kappa shape index (κ3) is 2.81. The van der Waals surface area contributed by atoms with Crippen LogP contribution in [0.15, 0.2) is 0 Å². The van der Waals surface area contributed by atoms with E-state index in [1.807, 2.05) is 0 Å². The summed E-state index contributed by atoms with van der Waals surface area (Å²) >= 11 is 0. The van der Waals surface area contributed by atoms with Gasteiger partial charge in [-0.1, -0.05) is 13.8 Å². The van der Waals surface area contributed by atoms with Gasteiger partial charge in [-0.25, -0.2) is 0 Å². The number of carbonyl (C=O) groups excluding carboxylic acids is 1. The first-order chi connectivity index (χ1) is 11.8. The van der Waals surface area contributed by atoms with E-state index in [2.05, 4.69) is 13.8 Å². The monoisotopic (exact) mass is 348 g/mol. The summed E-state index contributed by atoms with van der Waals surface area (Å²) in [6, 6.07) is 0. The fraction of sp³-hybridized carbons (Fsp3) is 0.955. The van der Waals surface area contributed by atoms with Crippen molar-refractivity contribution in [2.75, 3.05) is 6.61 Å². The number of hydrogen-bond acceptors (Lipinski definition) is 3. The van der Waals surface area contributed by atoms with E-state index in [4.69, 9.17) is 4.74 Å². The van der Waals surface area contributed by atoms with Gasteiger partial charge in [0.2, 0.25) is 0 Å². The van der Waals surface area contributed by atoms with Crippen LogP contribution in [0.3, 0.4) is 0 Å². The van der Waals surface area contributed by atoms with Gasteiger partial charge in [0.05, 0.1) is 18.8 Å². The van der Waals surface area contributed by atoms with Crippen molar-refractivity contribution < 1.29 is 14.6 Å². The number of aliphatic hydroxyl groups is 1. The normalized spacial score (nSPS) is 50.7. The molecule has 0 aromatic rings. The summed E-state index contributed by atoms with van der Waals surface area (Å²) in [5, 5.41) is 9.50. The van der Waals surface area contributed by atoms with Crippen molar-refractivity contribution in [3.8, 4) is 0 Å². The third-order valence-electron chi connectivity index (χ3n) is 8.90. The van der Waals surface area contributed by atoms with Gasteiger partial charge in [-0.15, -0.1) is 0 Å². The number of Topliss-reactive ketones (excluding diaryl/α,β-unsaturated/α-hetero) is 1. The first kappa shape index (κ1) is 18.0. The highest BCUT2D eigenvalue weighted by atomic mass is 16.5. The van der Waals surface area contributed by atoms with Crippen molar-refractivity contribution in [1.29, 1.82) is 0 Å². The van der Waals surface area contributed by atoms with Gasteiger partial charge < -0.3 is 9.84 Å². The Morgan fingerprint density at radius 3 is 2.68 bits per heavy atom. The fourth-order valence-electron chi connectivity index (χ4n) is 7.42. The maximum atomic E-state index is 12.5. The Labute approximate surface area is 152 Å². The zero-order valence-electron chi connectivity index (χ0n) is 16.3. The molecule has 1 N–H and O–H groups in total. The summed E-state index contributed by atoms with van der Waals surface area (Å²) in [6.45, 7) is 7.11. The molecule has 4 rings (SSSR count). The predicted octanol–water partition coefficient (Wildman–Crippen LogP) is 4.36. The van der Waals surface area contributed by atoms with Crippen LogP contribution >= 0.6 is 0 Å². The molecule has 4 aliphatic rings. The summed E-state index contributed by atoms with van der Waals surface area (Å²) in [7, 11) is 0. The smallest absolute Gasteiger partial charge is 0.139 e. The minimum Gasteiger partial charge on any atom is -0.391 e. The molecular weight excluding hydrogens is 312 g/mol. The molecule has 4 fully saturated rings. The van der Waals surface area contributed by atoms with Crippen molar-refractivity contribution in [2.24, 2.45) is 34.5 Å². The lowest BCUT2D eigenvalue weighted by molar-refractivity contribution is -0.146. The third-order valence-corrected chi connectivity index (χ3v) is 8.90. The molecule has 2 unspecified atom stereocenters. The Kier molecular flexibility index (Phi) is 4.56. The van der Waals surface area contributed by atoms with Crippen LogP contribution in [-0.2, 0) is 9.53 Å². The van der Waals surface area contributed by atoms with Crippen molar-refractivity contribution >= 4 is 5.78 Å². The molecule has 3 heteroatoms. The van der Waals surface area contributed by atoms with Crippen LogP contribution in [-0.4, -0.2) is 29.7 Å². The lowest BCUT2D eigenvalue weighted by Gasteiger charge is -2.60. The second-order valence-corrected chi connectivity index (χ2v) is 10.2. The lowest BCUT2D eigenvalue weighted by Crippen LogP contribution is -2.54. The van der Waals surface area contributed by atoms with Crippen molar-refractivity contribution in [3.05, 3.63) is 0 Å². The van der Waals surface area contributed by atoms with Crippen molar-refractivity contribution in [1.82, 2.24) is 0 Å². The molecule has 0 amide bonds. The molecule has 0 spiro atoms. The van der Waals surface area contributed by atoms with Gasteiger partial charge in [-0.05, 0) is 87.4 Å². The van der Waals surface area contributed by atoms with Crippen molar-refractivity contribution in [2.45, 2.75) is 90.8 Å². The highest BCUT2D eigenvalue weighted by Gasteiger charge is 2.60. The highest BCUT2D eigenvalue weighted by Crippen LogP contribution is 2.65. The van der Waals surface area contributed by atoms with Crippen molar-refractivity contribution in [3.63, 3.8) is 0 Å². The largest absolute Gasteiger partial charge is 0.391 e. The van der Waals surface area contributed by atoms with E-state index in [9.17, 15) is 9.90 Å². The van der Waals surface area contributed by atoms with Crippen LogP contribution in [0.4, 0.5) is 0 Å². The molecule has 4 saturated carbocycles. The number of ketones is 1. The molecule has 0 bridgehead atoms. The molecule has 8 atom stereocenters. The second kappa shape index (κ2) is 6.34. The number of rotatable bonds is 3. The zero-order valence-corrected chi connectivity index (χ0v) is 16.3. The number of hydrogen-bond donors (Lipinski definition) is 1. The van der Waals surface area contributed by atoms with Gasteiger partial charge in [-0.2, -0.15) is 0 Å².